The molecule has 1 aliphatic carbocycles. The number of nitrogens with one attached hydrogen (secondary N) is 1. The van der Waals surface area contributed by atoms with E-state index >= 15 is 0 Å². The summed E-state index contributed by atoms with van der Waals surface area (Å²) in [6.45, 7) is 6.96. The molecule has 2 nitrogen and oxygen atoms in total. The lowest BCUT2D eigenvalue weighted by atomic mass is 9.65. The molecule has 37 heavy (non-hydrogen) atoms. The van der Waals surface area contributed by atoms with Crippen molar-refractivity contribution in [3.8, 4) is 0 Å². The minimum Gasteiger partial charge on any atom is -0.388 e. The lowest BCUT2D eigenvalue weighted by molar-refractivity contribution is 0.611. The van der Waals surface area contributed by atoms with E-state index in [1.807, 2.05) is 7.05 Å². The number of nitrogens with zero attached hydrogens (tertiary/aromatic N) is 1. The Kier molecular flexibility index (Phi) is 5.22. The van der Waals surface area contributed by atoms with Crippen molar-refractivity contribution in [2.75, 3.05) is 30.4 Å². The summed E-state index contributed by atoms with van der Waals surface area (Å²) < 4.78 is 0. The van der Waals surface area contributed by atoms with Gasteiger partial charge < -0.3 is 10.2 Å². The molecule has 0 spiro atoms. The molecule has 0 amide bonds. The number of allylic oxidation sites excluding steroid dienone is 1. The lowest BCUT2D eigenvalue weighted by Gasteiger charge is -2.41. The van der Waals surface area contributed by atoms with Crippen molar-refractivity contribution in [2.24, 2.45) is 0 Å². The fraction of sp³-hybridized carbons (Fsp3) is 0.314. The van der Waals surface area contributed by atoms with Crippen LogP contribution in [0, 0.1) is 13.8 Å². The number of benzene rings is 4. The Morgan fingerprint density at radius 3 is 2.22 bits per heavy atom. The molecule has 2 heterocycles. The molecular formula is C35H36N2. The predicted molar refractivity (Wildman–Crippen MR) is 158 cm³/mol. The molecule has 2 aliphatic heterocycles. The average molecular weight is 485 g/mol. The fourth-order valence-electron chi connectivity index (χ4n) is 7.41. The van der Waals surface area contributed by atoms with Gasteiger partial charge in [-0.2, -0.15) is 0 Å². The molecule has 0 saturated carbocycles. The van der Waals surface area contributed by atoms with Crippen LogP contribution < -0.4 is 10.2 Å². The van der Waals surface area contributed by atoms with Crippen LogP contribution in [0.25, 0.3) is 16.8 Å². The molecular weight excluding hydrogens is 448 g/mol. The van der Waals surface area contributed by atoms with Crippen molar-refractivity contribution >= 4 is 28.2 Å². The van der Waals surface area contributed by atoms with Gasteiger partial charge in [-0.25, -0.2) is 0 Å². The van der Waals surface area contributed by atoms with Gasteiger partial charge in [0.2, 0.25) is 0 Å². The second-order valence-electron chi connectivity index (χ2n) is 11.4. The van der Waals surface area contributed by atoms with Crippen molar-refractivity contribution in [1.82, 2.24) is 0 Å². The van der Waals surface area contributed by atoms with Crippen LogP contribution in [0.3, 0.4) is 0 Å². The van der Waals surface area contributed by atoms with Crippen molar-refractivity contribution in [3.05, 3.63) is 111 Å². The maximum absolute atomic E-state index is 3.40. The summed E-state index contributed by atoms with van der Waals surface area (Å²) in [5, 5.41) is 6.17. The molecule has 1 N–H and O–H groups in total. The number of hydrogen-bond donors (Lipinski definition) is 1. The highest BCUT2D eigenvalue weighted by atomic mass is 15.1. The highest BCUT2D eigenvalue weighted by molar-refractivity contribution is 5.95. The lowest BCUT2D eigenvalue weighted by Crippen LogP contribution is -2.36. The summed E-state index contributed by atoms with van der Waals surface area (Å²) in [5.41, 5.74) is 14.1. The Labute approximate surface area is 221 Å². The van der Waals surface area contributed by atoms with Crippen LogP contribution in [-0.2, 0) is 24.7 Å². The number of aryl methyl sites for hydroxylation is 4. The predicted octanol–water partition coefficient (Wildman–Crippen LogP) is 7.75. The van der Waals surface area contributed by atoms with E-state index in [2.05, 4.69) is 96.9 Å². The molecule has 0 fully saturated rings. The molecule has 2 heteroatoms. The third kappa shape index (κ3) is 3.45. The Bertz CT molecular complexity index is 1530. The monoisotopic (exact) mass is 484 g/mol. The summed E-state index contributed by atoms with van der Waals surface area (Å²) >= 11 is 0. The zero-order chi connectivity index (χ0) is 25.1. The first-order chi connectivity index (χ1) is 18.1. The minimum absolute atomic E-state index is 0.177. The number of hydrogen-bond acceptors (Lipinski definition) is 2. The molecule has 1 atom stereocenters. The van der Waals surface area contributed by atoms with Gasteiger partial charge in [-0.1, -0.05) is 60.7 Å². The molecule has 0 bridgehead atoms. The molecule has 0 radical (unpaired) electrons. The second kappa shape index (κ2) is 8.52. The molecule has 186 valence electrons. The fourth-order valence-corrected chi connectivity index (χ4v) is 7.41. The van der Waals surface area contributed by atoms with Gasteiger partial charge in [-0.3, -0.25) is 0 Å². The Hall–Kier alpha value is -3.52. The maximum Gasteiger partial charge on any atom is 0.0431 e. The molecule has 3 aliphatic rings. The van der Waals surface area contributed by atoms with Gasteiger partial charge in [0.05, 0.1) is 0 Å². The Balaban J connectivity index is 1.50. The van der Waals surface area contributed by atoms with E-state index in [4.69, 9.17) is 0 Å². The van der Waals surface area contributed by atoms with Crippen molar-refractivity contribution in [3.63, 3.8) is 0 Å². The van der Waals surface area contributed by atoms with E-state index in [9.17, 15) is 0 Å². The third-order valence-electron chi connectivity index (χ3n) is 9.24. The van der Waals surface area contributed by atoms with Gasteiger partial charge in [0.1, 0.15) is 0 Å². The minimum atomic E-state index is -0.177. The van der Waals surface area contributed by atoms with Gasteiger partial charge in [0, 0.05) is 36.9 Å². The summed E-state index contributed by atoms with van der Waals surface area (Å²) in [7, 11) is 2.03. The largest absolute Gasteiger partial charge is 0.388 e. The van der Waals surface area contributed by atoms with Crippen LogP contribution >= 0.6 is 0 Å². The standard InChI is InChI=1S/C35H36N2/c1-23-17-29(36-3)21-32-31(23)18-24(2)30-13-14-35(22-33(30)32,27-11-5-4-6-12-27)28-19-25-9-7-15-37-16-8-10-26(20-28)34(25)37/h4-6,11-14,17-21,36H,7-10,15-16,22H2,1-3H3. The maximum atomic E-state index is 3.40. The SMILES string of the molecule is CNc1cc(C)c2cc(C)c3c(c2c1)CC(c1ccccc1)(c1cc2c4c(c1)CCCN4CCC2)C=C3. The zero-order valence-corrected chi connectivity index (χ0v) is 22.3. The Morgan fingerprint density at radius 1 is 0.784 bits per heavy atom. The molecule has 0 aromatic heterocycles. The van der Waals surface area contributed by atoms with E-state index in [-0.39, 0.29) is 5.41 Å². The zero-order valence-electron chi connectivity index (χ0n) is 22.3. The van der Waals surface area contributed by atoms with Crippen molar-refractivity contribution < 1.29 is 0 Å². The van der Waals surface area contributed by atoms with E-state index in [1.54, 1.807) is 16.8 Å². The molecule has 7 rings (SSSR count). The van der Waals surface area contributed by atoms with Gasteiger partial charge in [-0.15, -0.1) is 0 Å². The number of rotatable bonds is 3. The highest BCUT2D eigenvalue weighted by Gasteiger charge is 2.38. The van der Waals surface area contributed by atoms with Crippen LogP contribution in [0.15, 0.2) is 66.7 Å². The van der Waals surface area contributed by atoms with E-state index in [0.29, 0.717) is 0 Å². The Morgan fingerprint density at radius 2 is 1.51 bits per heavy atom. The van der Waals surface area contributed by atoms with E-state index in [0.717, 1.165) is 6.42 Å². The van der Waals surface area contributed by atoms with Crippen molar-refractivity contribution in [2.45, 2.75) is 51.4 Å². The molecule has 4 aromatic rings. The van der Waals surface area contributed by atoms with Crippen LogP contribution in [0.5, 0.6) is 0 Å². The summed E-state index contributed by atoms with van der Waals surface area (Å²) in [6, 6.07) is 23.4. The van der Waals surface area contributed by atoms with Crippen molar-refractivity contribution in [1.29, 1.82) is 0 Å². The van der Waals surface area contributed by atoms with Crippen LogP contribution in [0.2, 0.25) is 0 Å². The molecule has 1 unspecified atom stereocenters. The second-order valence-corrected chi connectivity index (χ2v) is 11.4. The van der Waals surface area contributed by atoms with Gasteiger partial charge in [0.15, 0.2) is 0 Å². The molecule has 4 aromatic carbocycles. The smallest absolute Gasteiger partial charge is 0.0431 e. The summed E-state index contributed by atoms with van der Waals surface area (Å²) in [6.07, 6.45) is 10.9. The summed E-state index contributed by atoms with van der Waals surface area (Å²) in [4.78, 5) is 2.65. The van der Waals surface area contributed by atoms with E-state index in [1.165, 1.54) is 88.6 Å². The topological polar surface area (TPSA) is 15.3 Å². The first-order valence-electron chi connectivity index (χ1n) is 14.0. The summed E-state index contributed by atoms with van der Waals surface area (Å²) in [5.74, 6) is 0. The van der Waals surface area contributed by atoms with Crippen LogP contribution in [0.4, 0.5) is 11.4 Å². The van der Waals surface area contributed by atoms with Gasteiger partial charge >= 0.3 is 0 Å². The van der Waals surface area contributed by atoms with Crippen LogP contribution in [0.1, 0.15) is 57.3 Å². The normalized spacial score (nSPS) is 20.0. The van der Waals surface area contributed by atoms with Crippen LogP contribution in [-0.4, -0.2) is 20.1 Å². The first-order valence-corrected chi connectivity index (χ1v) is 14.0. The van der Waals surface area contributed by atoms with Gasteiger partial charge in [-0.05, 0) is 113 Å². The quantitative estimate of drug-likeness (QED) is 0.320. The average Bonchev–Trinajstić information content (AvgIpc) is 2.94. The highest BCUT2D eigenvalue weighted by Crippen LogP contribution is 2.47. The number of fused-ring (bicyclic) bond motifs is 3. The number of anilines is 2. The first kappa shape index (κ1) is 22.7. The molecule has 0 saturated heterocycles. The van der Waals surface area contributed by atoms with Gasteiger partial charge in [0.25, 0.3) is 0 Å². The third-order valence-corrected chi connectivity index (χ3v) is 9.24. The van der Waals surface area contributed by atoms with E-state index < -0.39 is 0 Å².